The molecule has 0 aliphatic rings. The number of hydrogen-bond donors (Lipinski definition) is 0. The van der Waals surface area contributed by atoms with Gasteiger partial charge >= 0.3 is 0 Å². The summed E-state index contributed by atoms with van der Waals surface area (Å²) in [4.78, 5) is 22.6. The van der Waals surface area contributed by atoms with Crippen LogP contribution in [0.5, 0.6) is 5.75 Å². The lowest BCUT2D eigenvalue weighted by Gasteiger charge is -2.04. The van der Waals surface area contributed by atoms with Crippen LogP contribution in [0.1, 0.15) is 10.4 Å². The predicted molar refractivity (Wildman–Crippen MR) is 61.1 cm³/mol. The Hall–Kier alpha value is -0.870. The normalized spacial score (nSPS) is 9.80. The Morgan fingerprint density at radius 1 is 1.47 bits per heavy atom. The maximum atomic E-state index is 11.4. The number of carbonyl (C=O) groups excluding carboxylic acids is 2. The average molecular weight is 292 g/mol. The standard InChI is InChI=1S/C10H8BrClO3/c1-15-9-3-2-6(4-7(9)12)10(14)8(13)5-11/h2-4H,5H2,1H3. The molecule has 0 aliphatic heterocycles. The van der Waals surface area contributed by atoms with Crippen molar-refractivity contribution in [2.45, 2.75) is 0 Å². The van der Waals surface area contributed by atoms with Gasteiger partial charge in [0.1, 0.15) is 5.75 Å². The van der Waals surface area contributed by atoms with Crippen molar-refractivity contribution in [1.29, 1.82) is 0 Å². The number of benzene rings is 1. The third kappa shape index (κ3) is 2.79. The maximum absolute atomic E-state index is 11.4. The zero-order valence-corrected chi connectivity index (χ0v) is 10.3. The summed E-state index contributed by atoms with van der Waals surface area (Å²) in [6.45, 7) is 0. The van der Waals surface area contributed by atoms with Crippen molar-refractivity contribution >= 4 is 39.1 Å². The molecule has 15 heavy (non-hydrogen) atoms. The lowest BCUT2D eigenvalue weighted by molar-refractivity contribution is -0.112. The van der Waals surface area contributed by atoms with E-state index in [1.807, 2.05) is 0 Å². The summed E-state index contributed by atoms with van der Waals surface area (Å²) in [5, 5.41) is 0.320. The topological polar surface area (TPSA) is 43.4 Å². The van der Waals surface area contributed by atoms with Crippen LogP contribution in [-0.2, 0) is 4.79 Å². The number of ketones is 2. The van der Waals surface area contributed by atoms with Crippen LogP contribution >= 0.6 is 27.5 Å². The molecule has 1 rings (SSSR count). The van der Waals surface area contributed by atoms with Gasteiger partial charge in [0.25, 0.3) is 0 Å². The minimum atomic E-state index is -0.559. The van der Waals surface area contributed by atoms with Gasteiger partial charge < -0.3 is 4.74 Å². The summed E-state index contributed by atoms with van der Waals surface area (Å²) in [6, 6.07) is 4.48. The Morgan fingerprint density at radius 2 is 2.13 bits per heavy atom. The number of halogens is 2. The van der Waals surface area contributed by atoms with Crippen molar-refractivity contribution < 1.29 is 14.3 Å². The van der Waals surface area contributed by atoms with Gasteiger partial charge in [0, 0.05) is 5.56 Å². The van der Waals surface area contributed by atoms with Gasteiger partial charge in [-0.25, -0.2) is 0 Å². The van der Waals surface area contributed by atoms with Gasteiger partial charge in [0.2, 0.25) is 11.6 Å². The molecule has 0 spiro atoms. The molecule has 0 fully saturated rings. The molecule has 5 heteroatoms. The van der Waals surface area contributed by atoms with Crippen molar-refractivity contribution in [3.8, 4) is 5.75 Å². The molecule has 0 radical (unpaired) electrons. The van der Waals surface area contributed by atoms with Gasteiger partial charge in [-0.2, -0.15) is 0 Å². The Labute approximate surface area is 100 Å². The second-order valence-corrected chi connectivity index (χ2v) is 3.70. The van der Waals surface area contributed by atoms with Crippen LogP contribution in [0.25, 0.3) is 0 Å². The smallest absolute Gasteiger partial charge is 0.229 e. The first-order chi connectivity index (χ1) is 7.10. The minimum Gasteiger partial charge on any atom is -0.495 e. The molecule has 0 aromatic heterocycles. The molecule has 80 valence electrons. The van der Waals surface area contributed by atoms with Crippen molar-refractivity contribution in [1.82, 2.24) is 0 Å². The number of methoxy groups -OCH3 is 1. The molecule has 0 heterocycles. The second-order valence-electron chi connectivity index (χ2n) is 2.74. The van der Waals surface area contributed by atoms with E-state index in [1.165, 1.54) is 19.2 Å². The minimum absolute atomic E-state index is 0.00941. The highest BCUT2D eigenvalue weighted by molar-refractivity contribution is 9.09. The Balaban J connectivity index is 3.02. The second kappa shape index (κ2) is 5.28. The highest BCUT2D eigenvalue weighted by Gasteiger charge is 2.15. The van der Waals surface area contributed by atoms with Crippen LogP contribution in [0.2, 0.25) is 5.02 Å². The largest absolute Gasteiger partial charge is 0.495 e. The van der Waals surface area contributed by atoms with Gasteiger partial charge in [-0.05, 0) is 18.2 Å². The first-order valence-electron chi connectivity index (χ1n) is 4.07. The first kappa shape index (κ1) is 12.2. The SMILES string of the molecule is COc1ccc(C(=O)C(=O)CBr)cc1Cl. The summed E-state index contributed by atoms with van der Waals surface area (Å²) in [7, 11) is 1.48. The van der Waals surface area contributed by atoms with Crippen LogP contribution < -0.4 is 4.74 Å². The van der Waals surface area contributed by atoms with E-state index >= 15 is 0 Å². The Kier molecular flexibility index (Phi) is 4.29. The van der Waals surface area contributed by atoms with E-state index in [1.54, 1.807) is 6.07 Å². The summed E-state index contributed by atoms with van der Waals surface area (Å²) >= 11 is 8.75. The van der Waals surface area contributed by atoms with Gasteiger partial charge in [-0.15, -0.1) is 0 Å². The molecule has 0 amide bonds. The summed E-state index contributed by atoms with van der Waals surface area (Å²) in [5.41, 5.74) is 0.269. The van der Waals surface area contributed by atoms with Crippen molar-refractivity contribution in [2.75, 3.05) is 12.4 Å². The number of ether oxygens (including phenoxy) is 1. The third-order valence-corrected chi connectivity index (χ3v) is 2.59. The fourth-order valence-corrected chi connectivity index (χ4v) is 1.54. The molecule has 0 saturated carbocycles. The molecule has 0 atom stereocenters. The molecule has 0 unspecified atom stereocenters. The highest BCUT2D eigenvalue weighted by atomic mass is 79.9. The number of alkyl halides is 1. The summed E-state index contributed by atoms with van der Waals surface area (Å²) in [5.74, 6) is -0.591. The summed E-state index contributed by atoms with van der Waals surface area (Å²) < 4.78 is 4.93. The fourth-order valence-electron chi connectivity index (χ4n) is 1.03. The molecular formula is C10H8BrClO3. The van der Waals surface area contributed by atoms with Gasteiger partial charge in [-0.1, -0.05) is 27.5 Å². The van der Waals surface area contributed by atoms with E-state index in [4.69, 9.17) is 16.3 Å². The first-order valence-corrected chi connectivity index (χ1v) is 5.57. The van der Waals surface area contributed by atoms with E-state index in [0.29, 0.717) is 10.8 Å². The van der Waals surface area contributed by atoms with Crippen LogP contribution in [0.4, 0.5) is 0 Å². The van der Waals surface area contributed by atoms with E-state index in [2.05, 4.69) is 15.9 Å². The molecule has 0 saturated heterocycles. The molecule has 0 N–H and O–H groups in total. The molecule has 3 nitrogen and oxygen atoms in total. The fraction of sp³-hybridized carbons (Fsp3) is 0.200. The van der Waals surface area contributed by atoms with Crippen molar-refractivity contribution in [2.24, 2.45) is 0 Å². The summed E-state index contributed by atoms with van der Waals surface area (Å²) in [6.07, 6.45) is 0. The Bertz CT molecular complexity index is 404. The lowest BCUT2D eigenvalue weighted by Crippen LogP contribution is -2.14. The van der Waals surface area contributed by atoms with Gasteiger partial charge in [0.15, 0.2) is 0 Å². The number of rotatable bonds is 4. The zero-order valence-electron chi connectivity index (χ0n) is 7.92. The van der Waals surface area contributed by atoms with Crippen LogP contribution in [0.3, 0.4) is 0 Å². The van der Waals surface area contributed by atoms with Crippen LogP contribution in [-0.4, -0.2) is 24.0 Å². The molecule has 1 aromatic rings. The monoisotopic (exact) mass is 290 g/mol. The highest BCUT2D eigenvalue weighted by Crippen LogP contribution is 2.25. The zero-order chi connectivity index (χ0) is 11.4. The van der Waals surface area contributed by atoms with E-state index in [0.717, 1.165) is 0 Å². The number of hydrogen-bond acceptors (Lipinski definition) is 3. The van der Waals surface area contributed by atoms with Crippen LogP contribution in [0.15, 0.2) is 18.2 Å². The molecular weight excluding hydrogens is 283 g/mol. The van der Waals surface area contributed by atoms with Gasteiger partial charge in [0.05, 0.1) is 17.5 Å². The maximum Gasteiger partial charge on any atom is 0.229 e. The van der Waals surface area contributed by atoms with E-state index < -0.39 is 11.6 Å². The van der Waals surface area contributed by atoms with E-state index in [-0.39, 0.29) is 10.9 Å². The van der Waals surface area contributed by atoms with Crippen molar-refractivity contribution in [3.05, 3.63) is 28.8 Å². The van der Waals surface area contributed by atoms with E-state index in [9.17, 15) is 9.59 Å². The molecule has 0 aliphatic carbocycles. The average Bonchev–Trinajstić information content (AvgIpc) is 2.26. The van der Waals surface area contributed by atoms with Crippen LogP contribution in [0, 0.1) is 0 Å². The lowest BCUT2D eigenvalue weighted by atomic mass is 10.1. The third-order valence-electron chi connectivity index (χ3n) is 1.79. The Morgan fingerprint density at radius 3 is 2.60 bits per heavy atom. The quantitative estimate of drug-likeness (QED) is 0.486. The van der Waals surface area contributed by atoms with Crippen molar-refractivity contribution in [3.63, 3.8) is 0 Å². The molecule has 1 aromatic carbocycles. The van der Waals surface area contributed by atoms with Gasteiger partial charge in [-0.3, -0.25) is 9.59 Å². The number of carbonyl (C=O) groups is 2. The predicted octanol–water partition coefficient (Wildman–Crippen LogP) is 2.50. The molecule has 0 bridgehead atoms. The number of Topliss-reactive ketones (excluding diaryl/α,β-unsaturated/α-hetero) is 2.